The summed E-state index contributed by atoms with van der Waals surface area (Å²) in [6.45, 7) is 8.68. The highest BCUT2D eigenvalue weighted by atomic mass is 16.5. The fourth-order valence-electron chi connectivity index (χ4n) is 3.09. The van der Waals surface area contributed by atoms with Gasteiger partial charge in [-0.05, 0) is 33.2 Å². The second kappa shape index (κ2) is 6.56. The maximum absolute atomic E-state index is 5.22. The van der Waals surface area contributed by atoms with E-state index in [0.717, 1.165) is 43.5 Å². The lowest BCUT2D eigenvalue weighted by Gasteiger charge is -2.34. The highest BCUT2D eigenvalue weighted by Crippen LogP contribution is 2.20. The molecule has 0 radical (unpaired) electrons. The molecule has 0 bridgehead atoms. The topological polar surface area (TPSA) is 72.9 Å². The van der Waals surface area contributed by atoms with Gasteiger partial charge in [-0.15, -0.1) is 0 Å². The zero-order valence-electron chi connectivity index (χ0n) is 13.6. The third-order valence-corrected chi connectivity index (χ3v) is 4.25. The van der Waals surface area contributed by atoms with Crippen molar-refractivity contribution >= 4 is 0 Å². The molecule has 0 aliphatic carbocycles. The smallest absolute Gasteiger partial charge is 0.226 e. The van der Waals surface area contributed by atoms with E-state index in [2.05, 4.69) is 25.1 Å². The molecule has 1 saturated heterocycles. The van der Waals surface area contributed by atoms with Crippen LogP contribution in [0.25, 0.3) is 0 Å². The normalized spacial score (nSPS) is 19.7. The van der Waals surface area contributed by atoms with Crippen LogP contribution in [0.15, 0.2) is 4.52 Å². The molecule has 7 nitrogen and oxygen atoms in total. The van der Waals surface area contributed by atoms with Gasteiger partial charge >= 0.3 is 0 Å². The molecule has 2 aromatic heterocycles. The van der Waals surface area contributed by atoms with Crippen LogP contribution in [0.1, 0.15) is 49.6 Å². The van der Waals surface area contributed by atoms with Gasteiger partial charge in [0.15, 0.2) is 5.82 Å². The molecule has 3 heterocycles. The van der Waals surface area contributed by atoms with E-state index in [1.807, 2.05) is 25.5 Å². The van der Waals surface area contributed by atoms with E-state index in [1.165, 1.54) is 19.3 Å². The highest BCUT2D eigenvalue weighted by molar-refractivity contribution is 4.91. The maximum Gasteiger partial charge on any atom is 0.226 e. The van der Waals surface area contributed by atoms with Crippen molar-refractivity contribution in [2.45, 2.75) is 65.6 Å². The fourth-order valence-corrected chi connectivity index (χ4v) is 3.09. The van der Waals surface area contributed by atoms with E-state index in [4.69, 9.17) is 4.52 Å². The Bertz CT molecular complexity index is 619. The number of aromatic nitrogens is 5. The van der Waals surface area contributed by atoms with E-state index in [0.29, 0.717) is 11.9 Å². The molecule has 0 amide bonds. The first kappa shape index (κ1) is 15.1. The van der Waals surface area contributed by atoms with Crippen LogP contribution in [0, 0.1) is 13.8 Å². The number of aryl methyl sites for hydroxylation is 3. The van der Waals surface area contributed by atoms with Gasteiger partial charge in [0.2, 0.25) is 5.89 Å². The number of nitrogens with zero attached hydrogens (tertiary/aromatic N) is 6. The highest BCUT2D eigenvalue weighted by Gasteiger charge is 2.25. The van der Waals surface area contributed by atoms with Crippen molar-refractivity contribution in [1.82, 2.24) is 29.8 Å². The van der Waals surface area contributed by atoms with Crippen molar-refractivity contribution in [3.63, 3.8) is 0 Å². The summed E-state index contributed by atoms with van der Waals surface area (Å²) in [5, 5.41) is 8.57. The van der Waals surface area contributed by atoms with Crippen molar-refractivity contribution in [2.24, 2.45) is 0 Å². The van der Waals surface area contributed by atoms with Crippen molar-refractivity contribution in [1.29, 1.82) is 0 Å². The predicted octanol–water partition coefficient (Wildman–Crippen LogP) is 1.90. The number of piperidine rings is 1. The summed E-state index contributed by atoms with van der Waals surface area (Å²) < 4.78 is 7.24. The van der Waals surface area contributed by atoms with Gasteiger partial charge < -0.3 is 4.52 Å². The standard InChI is InChI=1S/C15H24N6O/c1-4-15-17-14(19-22-15)10-20-8-6-5-7-13(20)9-21-12(3)16-11(2)18-21/h13H,4-10H2,1-3H3. The van der Waals surface area contributed by atoms with Gasteiger partial charge in [-0.1, -0.05) is 18.5 Å². The molecule has 120 valence electrons. The first-order valence-corrected chi connectivity index (χ1v) is 8.09. The monoisotopic (exact) mass is 304 g/mol. The van der Waals surface area contributed by atoms with Crippen molar-refractivity contribution < 1.29 is 4.52 Å². The van der Waals surface area contributed by atoms with Crippen molar-refractivity contribution in [2.75, 3.05) is 6.54 Å². The lowest BCUT2D eigenvalue weighted by atomic mass is 10.0. The largest absolute Gasteiger partial charge is 0.339 e. The van der Waals surface area contributed by atoms with Gasteiger partial charge in [0.25, 0.3) is 0 Å². The van der Waals surface area contributed by atoms with Crippen LogP contribution in [-0.4, -0.2) is 42.4 Å². The van der Waals surface area contributed by atoms with Gasteiger partial charge in [0.05, 0.1) is 13.1 Å². The van der Waals surface area contributed by atoms with Crippen molar-refractivity contribution in [3.05, 3.63) is 23.4 Å². The quantitative estimate of drug-likeness (QED) is 0.840. The third kappa shape index (κ3) is 3.35. The van der Waals surface area contributed by atoms with E-state index >= 15 is 0 Å². The summed E-state index contributed by atoms with van der Waals surface area (Å²) in [6.07, 6.45) is 4.45. The zero-order chi connectivity index (χ0) is 15.5. The summed E-state index contributed by atoms with van der Waals surface area (Å²) in [7, 11) is 0. The second-order valence-electron chi connectivity index (χ2n) is 5.97. The molecule has 1 fully saturated rings. The molecule has 3 rings (SSSR count). The first-order valence-electron chi connectivity index (χ1n) is 8.09. The number of hydrogen-bond acceptors (Lipinski definition) is 6. The van der Waals surface area contributed by atoms with Crippen LogP contribution in [0.4, 0.5) is 0 Å². The minimum atomic E-state index is 0.456. The third-order valence-electron chi connectivity index (χ3n) is 4.25. The molecule has 2 aromatic rings. The van der Waals surface area contributed by atoms with Crippen LogP contribution in [0.2, 0.25) is 0 Å². The molecule has 22 heavy (non-hydrogen) atoms. The lowest BCUT2D eigenvalue weighted by molar-refractivity contribution is 0.117. The molecule has 1 unspecified atom stereocenters. The predicted molar refractivity (Wildman–Crippen MR) is 81.2 cm³/mol. The van der Waals surface area contributed by atoms with E-state index in [1.54, 1.807) is 0 Å². The Balaban J connectivity index is 1.69. The van der Waals surface area contributed by atoms with E-state index in [-0.39, 0.29) is 0 Å². The van der Waals surface area contributed by atoms with Gasteiger partial charge in [-0.25, -0.2) is 9.67 Å². The van der Waals surface area contributed by atoms with Crippen LogP contribution in [-0.2, 0) is 19.5 Å². The number of rotatable bonds is 5. The Labute approximate surface area is 130 Å². The Morgan fingerprint density at radius 1 is 1.23 bits per heavy atom. The minimum absolute atomic E-state index is 0.456. The molecule has 0 saturated carbocycles. The molecule has 1 aliphatic heterocycles. The number of hydrogen-bond donors (Lipinski definition) is 0. The maximum atomic E-state index is 5.22. The Kier molecular flexibility index (Phi) is 4.52. The minimum Gasteiger partial charge on any atom is -0.339 e. The molecule has 1 atom stereocenters. The summed E-state index contributed by atoms with van der Waals surface area (Å²) in [6, 6.07) is 0.456. The lowest BCUT2D eigenvalue weighted by Crippen LogP contribution is -2.42. The van der Waals surface area contributed by atoms with Crippen LogP contribution in [0.3, 0.4) is 0 Å². The Morgan fingerprint density at radius 2 is 2.09 bits per heavy atom. The molecular weight excluding hydrogens is 280 g/mol. The van der Waals surface area contributed by atoms with Gasteiger partial charge in [0, 0.05) is 12.5 Å². The average Bonchev–Trinajstić information content (AvgIpc) is 3.08. The van der Waals surface area contributed by atoms with Crippen molar-refractivity contribution in [3.8, 4) is 0 Å². The summed E-state index contributed by atoms with van der Waals surface area (Å²) >= 11 is 0. The van der Waals surface area contributed by atoms with Gasteiger partial charge in [-0.3, -0.25) is 4.90 Å². The first-order chi connectivity index (χ1) is 10.7. The fraction of sp³-hybridized carbons (Fsp3) is 0.733. The van der Waals surface area contributed by atoms with Crippen LogP contribution in [0.5, 0.6) is 0 Å². The van der Waals surface area contributed by atoms with Gasteiger partial charge in [-0.2, -0.15) is 10.1 Å². The number of likely N-dealkylation sites (tertiary alicyclic amines) is 1. The Hall–Kier alpha value is -1.76. The zero-order valence-corrected chi connectivity index (χ0v) is 13.6. The molecule has 0 spiro atoms. The summed E-state index contributed by atoms with van der Waals surface area (Å²) in [5.41, 5.74) is 0. The van der Waals surface area contributed by atoms with Crippen LogP contribution >= 0.6 is 0 Å². The molecule has 7 heteroatoms. The van der Waals surface area contributed by atoms with Crippen LogP contribution < -0.4 is 0 Å². The molecule has 0 N–H and O–H groups in total. The SMILES string of the molecule is CCc1nc(CN2CCCCC2Cn2nc(C)nc2C)no1. The van der Waals surface area contributed by atoms with Gasteiger partial charge in [0.1, 0.15) is 11.6 Å². The molecule has 0 aromatic carbocycles. The van der Waals surface area contributed by atoms with E-state index in [9.17, 15) is 0 Å². The summed E-state index contributed by atoms with van der Waals surface area (Å²) in [4.78, 5) is 11.3. The summed E-state index contributed by atoms with van der Waals surface area (Å²) in [5.74, 6) is 3.32. The molecule has 1 aliphatic rings. The average molecular weight is 304 g/mol. The molecular formula is C15H24N6O. The second-order valence-corrected chi connectivity index (χ2v) is 5.97. The van der Waals surface area contributed by atoms with E-state index < -0.39 is 0 Å². The Morgan fingerprint density at radius 3 is 2.77 bits per heavy atom.